The molecule has 28 heavy (non-hydrogen) atoms. The van der Waals surface area contributed by atoms with Crippen LogP contribution in [0.4, 0.5) is 0 Å². The summed E-state index contributed by atoms with van der Waals surface area (Å²) in [7, 11) is 0. The number of ketones is 2. The molecule has 2 atom stereocenters. The molecule has 1 rings (SSSR count). The molecule has 1 amide bonds. The van der Waals surface area contributed by atoms with Crippen molar-refractivity contribution in [2.75, 3.05) is 11.5 Å². The van der Waals surface area contributed by atoms with E-state index in [9.17, 15) is 24.0 Å². The Hall–Kier alpha value is -2.13. The number of carbonyl (C=O) groups excluding carboxylic acids is 5. The molecule has 0 spiro atoms. The van der Waals surface area contributed by atoms with Gasteiger partial charge in [-0.05, 0) is 26.0 Å². The molecule has 0 radical (unpaired) electrons. The highest BCUT2D eigenvalue weighted by atomic mass is 32.2. The normalized spacial score (nSPS) is 12.7. The molecule has 1 aromatic carbocycles. The van der Waals surface area contributed by atoms with Gasteiger partial charge in [-0.15, -0.1) is 0 Å². The number of primary amides is 1. The van der Waals surface area contributed by atoms with Crippen LogP contribution in [0.25, 0.3) is 0 Å². The number of hydrogen-bond donors (Lipinski definition) is 2. The first-order valence-electron chi connectivity index (χ1n) is 8.52. The van der Waals surface area contributed by atoms with Gasteiger partial charge in [-0.2, -0.15) is 12.6 Å². The number of esters is 1. The molecule has 2 unspecified atom stereocenters. The number of benzene rings is 1. The molecule has 0 aliphatic heterocycles. The van der Waals surface area contributed by atoms with Crippen LogP contribution in [0.15, 0.2) is 24.3 Å². The molecule has 0 aromatic heterocycles. The van der Waals surface area contributed by atoms with Gasteiger partial charge < -0.3 is 20.1 Å². The summed E-state index contributed by atoms with van der Waals surface area (Å²) in [6.45, 7) is 2.71. The molecule has 152 valence electrons. The number of thiol groups is 1. The van der Waals surface area contributed by atoms with Crippen molar-refractivity contribution in [2.45, 2.75) is 26.7 Å². The van der Waals surface area contributed by atoms with Gasteiger partial charge >= 0.3 is 5.97 Å². The summed E-state index contributed by atoms with van der Waals surface area (Å²) >= 11 is 4.89. The summed E-state index contributed by atoms with van der Waals surface area (Å²) in [5.41, 5.74) is 5.42. The molecule has 2 N–H and O–H groups in total. The fourth-order valence-electron chi connectivity index (χ4n) is 2.33. The number of amides is 1. The lowest BCUT2D eigenvalue weighted by atomic mass is 10.1. The van der Waals surface area contributed by atoms with Gasteiger partial charge in [-0.3, -0.25) is 14.4 Å². The van der Waals surface area contributed by atoms with Crippen molar-refractivity contribution in [1.29, 1.82) is 0 Å². The molecule has 0 fully saturated rings. The Balaban J connectivity index is 2.88. The highest BCUT2D eigenvalue weighted by Gasteiger charge is 2.24. The molecule has 0 bridgehead atoms. The number of nitrogens with two attached hydrogens (primary N) is 1. The fraction of sp³-hybridized carbons (Fsp3) is 0.421. The van der Waals surface area contributed by atoms with Gasteiger partial charge in [-0.25, -0.2) is 0 Å². The van der Waals surface area contributed by atoms with E-state index in [-0.39, 0.29) is 47.2 Å². The molecular weight excluding hydrogens is 402 g/mol. The lowest BCUT2D eigenvalue weighted by Gasteiger charge is -2.15. The van der Waals surface area contributed by atoms with Crippen LogP contribution in [0.2, 0.25) is 0 Å². The van der Waals surface area contributed by atoms with Crippen LogP contribution in [0.1, 0.15) is 37.0 Å². The average Bonchev–Trinajstić information content (AvgIpc) is 2.62. The number of hydrogen-bond acceptors (Lipinski definition) is 8. The quantitative estimate of drug-likeness (QED) is 0.316. The third-order valence-corrected chi connectivity index (χ3v) is 5.25. The van der Waals surface area contributed by atoms with Crippen molar-refractivity contribution in [2.24, 2.45) is 17.6 Å². The lowest BCUT2D eigenvalue weighted by molar-refractivity contribution is -0.140. The summed E-state index contributed by atoms with van der Waals surface area (Å²) in [6, 6.07) is 6.17. The first-order chi connectivity index (χ1) is 13.1. The highest BCUT2D eigenvalue weighted by molar-refractivity contribution is 8.14. The molecule has 0 saturated heterocycles. The Bertz CT molecular complexity index is 765. The number of para-hydroxylation sites is 1. The van der Waals surface area contributed by atoms with Crippen molar-refractivity contribution in [3.63, 3.8) is 0 Å². The van der Waals surface area contributed by atoms with E-state index < -0.39 is 28.8 Å². The van der Waals surface area contributed by atoms with E-state index in [1.165, 1.54) is 26.0 Å². The van der Waals surface area contributed by atoms with E-state index in [1.807, 2.05) is 0 Å². The van der Waals surface area contributed by atoms with E-state index in [0.717, 1.165) is 11.8 Å². The zero-order valence-electron chi connectivity index (χ0n) is 15.7. The zero-order valence-corrected chi connectivity index (χ0v) is 17.4. The van der Waals surface area contributed by atoms with Crippen LogP contribution in [-0.4, -0.2) is 40.1 Å². The highest BCUT2D eigenvalue weighted by Crippen LogP contribution is 2.26. The van der Waals surface area contributed by atoms with E-state index in [0.29, 0.717) is 0 Å². The molecule has 0 aliphatic rings. The van der Waals surface area contributed by atoms with Gasteiger partial charge in [0.25, 0.3) is 0 Å². The van der Waals surface area contributed by atoms with Gasteiger partial charge in [0.2, 0.25) is 11.0 Å². The van der Waals surface area contributed by atoms with E-state index in [2.05, 4.69) is 12.6 Å². The largest absolute Gasteiger partial charge is 0.425 e. The van der Waals surface area contributed by atoms with Crippen LogP contribution in [-0.2, 0) is 19.2 Å². The average molecular weight is 426 g/mol. The second-order valence-electron chi connectivity index (χ2n) is 6.31. The number of carbonyl (C=O) groups is 5. The van der Waals surface area contributed by atoms with Crippen molar-refractivity contribution in [3.05, 3.63) is 29.8 Å². The molecular formula is C19H23NO6S2. The van der Waals surface area contributed by atoms with Gasteiger partial charge in [0.1, 0.15) is 17.3 Å². The van der Waals surface area contributed by atoms with Crippen LogP contribution < -0.4 is 10.5 Å². The molecule has 9 heteroatoms. The predicted octanol–water partition coefficient (Wildman–Crippen LogP) is 2.07. The van der Waals surface area contributed by atoms with Gasteiger partial charge in [0.15, 0.2) is 0 Å². The van der Waals surface area contributed by atoms with Crippen molar-refractivity contribution in [1.82, 2.24) is 0 Å². The van der Waals surface area contributed by atoms with Gasteiger partial charge in [-0.1, -0.05) is 23.9 Å². The van der Waals surface area contributed by atoms with Crippen LogP contribution in [0.5, 0.6) is 5.75 Å². The van der Waals surface area contributed by atoms with Gasteiger partial charge in [0, 0.05) is 24.3 Å². The summed E-state index contributed by atoms with van der Waals surface area (Å²) in [5, 5.41) is -0.424. The maximum Gasteiger partial charge on any atom is 0.315 e. The molecule has 0 saturated carbocycles. The van der Waals surface area contributed by atoms with Crippen LogP contribution in [0.3, 0.4) is 0 Å². The van der Waals surface area contributed by atoms with Gasteiger partial charge in [0.05, 0.1) is 17.4 Å². The summed E-state index contributed by atoms with van der Waals surface area (Å²) in [6.07, 6.45) is -0.0422. The van der Waals surface area contributed by atoms with Crippen molar-refractivity contribution in [3.8, 4) is 5.75 Å². The maximum atomic E-state index is 12.5. The third-order valence-electron chi connectivity index (χ3n) is 3.76. The minimum absolute atomic E-state index is 0.00145. The molecule has 7 nitrogen and oxygen atoms in total. The Labute approximate surface area is 173 Å². The molecule has 1 aromatic rings. The number of thioether (sulfide) groups is 1. The standard InChI is InChI=1S/C19H23NO6S2/c1-11(21)7-13(9-27)18(24)26-16-6-4-3-5-15(16)19(25)28-10-14(17(20)23)8-12(2)22/h3-6,13-14,27H,7-10H2,1-2H3,(H2,20,23). The van der Waals surface area contributed by atoms with Crippen molar-refractivity contribution >= 4 is 52.9 Å². The van der Waals surface area contributed by atoms with E-state index in [4.69, 9.17) is 10.5 Å². The smallest absolute Gasteiger partial charge is 0.315 e. The van der Waals surface area contributed by atoms with Crippen LogP contribution >= 0.6 is 24.4 Å². The SMILES string of the molecule is CC(=O)CC(CSC(=O)c1ccccc1OC(=O)C(CS)CC(C)=O)C(N)=O. The predicted molar refractivity (Wildman–Crippen MR) is 109 cm³/mol. The Morgan fingerprint density at radius 2 is 1.61 bits per heavy atom. The summed E-state index contributed by atoms with van der Waals surface area (Å²) < 4.78 is 5.32. The minimum Gasteiger partial charge on any atom is -0.425 e. The second-order valence-corrected chi connectivity index (χ2v) is 7.66. The first-order valence-corrected chi connectivity index (χ1v) is 10.1. The summed E-state index contributed by atoms with van der Waals surface area (Å²) in [5.74, 6) is -2.92. The maximum absolute atomic E-state index is 12.5. The summed E-state index contributed by atoms with van der Waals surface area (Å²) in [4.78, 5) is 58.8. The van der Waals surface area contributed by atoms with Crippen LogP contribution in [0, 0.1) is 11.8 Å². The minimum atomic E-state index is -0.759. The van der Waals surface area contributed by atoms with E-state index >= 15 is 0 Å². The topological polar surface area (TPSA) is 121 Å². The zero-order chi connectivity index (χ0) is 21.3. The van der Waals surface area contributed by atoms with Crippen molar-refractivity contribution < 1.29 is 28.7 Å². The monoisotopic (exact) mass is 425 g/mol. The molecule has 0 aliphatic carbocycles. The Morgan fingerprint density at radius 1 is 1.04 bits per heavy atom. The second kappa shape index (κ2) is 11.7. The number of ether oxygens (including phenoxy) is 1. The Kier molecular flexibility index (Phi) is 9.95. The Morgan fingerprint density at radius 3 is 2.14 bits per heavy atom. The number of Topliss-reactive ketones (excluding diaryl/α,β-unsaturated/α-hetero) is 2. The first kappa shape index (κ1) is 23.9. The third kappa shape index (κ3) is 7.85. The number of rotatable bonds is 11. The van der Waals surface area contributed by atoms with E-state index in [1.54, 1.807) is 12.1 Å². The fourth-order valence-corrected chi connectivity index (χ4v) is 3.57. The molecule has 0 heterocycles. The lowest BCUT2D eigenvalue weighted by Crippen LogP contribution is -2.27.